The van der Waals surface area contributed by atoms with Gasteiger partial charge in [-0.1, -0.05) is 42.1 Å². The first kappa shape index (κ1) is 19.3. The number of carbonyl (C=O) groups excluding carboxylic acids is 3. The van der Waals surface area contributed by atoms with Gasteiger partial charge in [0.2, 0.25) is 11.8 Å². The zero-order chi connectivity index (χ0) is 20.4. The lowest BCUT2D eigenvalue weighted by atomic mass is 10.0. The Morgan fingerprint density at radius 3 is 2.48 bits per heavy atom. The van der Waals surface area contributed by atoms with Gasteiger partial charge in [-0.15, -0.1) is 0 Å². The SMILES string of the molecule is CC(=O)Nc1ccc(SC2=C(C(=O)OCc3ccccc3)N3C(=O)CC3C2)cc1. The second-order valence-corrected chi connectivity index (χ2v) is 8.14. The molecule has 29 heavy (non-hydrogen) atoms. The van der Waals surface area contributed by atoms with Gasteiger partial charge in [-0.05, 0) is 29.8 Å². The fourth-order valence-electron chi connectivity index (χ4n) is 3.44. The average molecular weight is 408 g/mol. The number of benzene rings is 2. The maximum Gasteiger partial charge on any atom is 0.356 e. The number of hydrogen-bond acceptors (Lipinski definition) is 5. The Kier molecular flexibility index (Phi) is 5.40. The van der Waals surface area contributed by atoms with Gasteiger partial charge in [-0.2, -0.15) is 0 Å². The predicted octanol–water partition coefficient (Wildman–Crippen LogP) is 3.70. The van der Waals surface area contributed by atoms with E-state index in [0.29, 0.717) is 24.2 Å². The van der Waals surface area contributed by atoms with Gasteiger partial charge in [-0.3, -0.25) is 9.59 Å². The summed E-state index contributed by atoms with van der Waals surface area (Å²) in [6.07, 6.45) is 1.11. The van der Waals surface area contributed by atoms with Crippen molar-refractivity contribution in [1.82, 2.24) is 4.90 Å². The Labute approximate surface area is 172 Å². The number of hydrogen-bond donors (Lipinski definition) is 1. The van der Waals surface area contributed by atoms with Crippen LogP contribution in [0.3, 0.4) is 0 Å². The lowest BCUT2D eigenvalue weighted by Crippen LogP contribution is -2.49. The maximum absolute atomic E-state index is 12.8. The Bertz CT molecular complexity index is 986. The van der Waals surface area contributed by atoms with E-state index >= 15 is 0 Å². The number of thioether (sulfide) groups is 1. The van der Waals surface area contributed by atoms with Gasteiger partial charge in [0.05, 0.1) is 6.04 Å². The van der Waals surface area contributed by atoms with Crippen LogP contribution in [0.2, 0.25) is 0 Å². The van der Waals surface area contributed by atoms with Crippen LogP contribution in [0.25, 0.3) is 0 Å². The van der Waals surface area contributed by atoms with Crippen LogP contribution >= 0.6 is 11.8 Å². The molecule has 1 N–H and O–H groups in total. The minimum Gasteiger partial charge on any atom is -0.456 e. The van der Waals surface area contributed by atoms with E-state index in [-0.39, 0.29) is 24.5 Å². The molecule has 1 fully saturated rings. The first-order valence-electron chi connectivity index (χ1n) is 9.33. The molecule has 2 amide bonds. The topological polar surface area (TPSA) is 75.7 Å². The van der Waals surface area contributed by atoms with Crippen LogP contribution in [-0.4, -0.2) is 28.7 Å². The minimum atomic E-state index is -0.471. The van der Waals surface area contributed by atoms with E-state index in [1.54, 1.807) is 4.90 Å². The van der Waals surface area contributed by atoms with Gasteiger partial charge in [0.25, 0.3) is 0 Å². The molecule has 2 aliphatic rings. The summed E-state index contributed by atoms with van der Waals surface area (Å²) in [6.45, 7) is 1.62. The Morgan fingerprint density at radius 1 is 1.10 bits per heavy atom. The first-order valence-corrected chi connectivity index (χ1v) is 10.1. The van der Waals surface area contributed by atoms with Crippen molar-refractivity contribution >= 4 is 35.2 Å². The van der Waals surface area contributed by atoms with E-state index in [4.69, 9.17) is 4.74 Å². The smallest absolute Gasteiger partial charge is 0.356 e. The van der Waals surface area contributed by atoms with Crippen molar-refractivity contribution in [3.8, 4) is 0 Å². The number of ether oxygens (including phenoxy) is 1. The number of anilines is 1. The highest BCUT2D eigenvalue weighted by atomic mass is 32.2. The lowest BCUT2D eigenvalue weighted by Gasteiger charge is -2.35. The summed E-state index contributed by atoms with van der Waals surface area (Å²) in [6, 6.07) is 16.9. The number of amides is 2. The molecular formula is C22H20N2O4S. The van der Waals surface area contributed by atoms with Crippen LogP contribution < -0.4 is 5.32 Å². The van der Waals surface area contributed by atoms with E-state index in [1.165, 1.54) is 18.7 Å². The number of nitrogens with one attached hydrogen (secondary N) is 1. The third-order valence-electron chi connectivity index (χ3n) is 4.79. The second kappa shape index (κ2) is 8.13. The molecule has 0 aliphatic carbocycles. The summed E-state index contributed by atoms with van der Waals surface area (Å²) in [5, 5.41) is 2.73. The number of carbonyl (C=O) groups is 3. The number of nitrogens with zero attached hydrogens (tertiary/aromatic N) is 1. The van der Waals surface area contributed by atoms with Crippen LogP contribution in [-0.2, 0) is 25.7 Å². The molecule has 0 aromatic heterocycles. The molecule has 2 aliphatic heterocycles. The van der Waals surface area contributed by atoms with Gasteiger partial charge in [-0.25, -0.2) is 4.79 Å². The Balaban J connectivity index is 1.51. The van der Waals surface area contributed by atoms with Crippen molar-refractivity contribution in [3.05, 3.63) is 70.8 Å². The molecule has 2 aromatic rings. The highest BCUT2D eigenvalue weighted by molar-refractivity contribution is 8.03. The van der Waals surface area contributed by atoms with Gasteiger partial charge in [0, 0.05) is 35.3 Å². The standard InChI is InChI=1S/C22H20N2O4S/c1-14(25)23-16-7-9-18(10-8-16)29-19-11-17-12-20(26)24(17)21(19)22(27)28-13-15-5-3-2-4-6-15/h2-10,17H,11-13H2,1H3,(H,23,25). The Hall–Kier alpha value is -3.06. The number of β-lactam (4-membered cyclic amide) rings is 1. The normalized spacial score (nSPS) is 17.6. The number of fused-ring (bicyclic) bond motifs is 1. The highest BCUT2D eigenvalue weighted by Gasteiger charge is 2.48. The van der Waals surface area contributed by atoms with Crippen molar-refractivity contribution in [1.29, 1.82) is 0 Å². The zero-order valence-corrected chi connectivity index (χ0v) is 16.7. The first-order chi connectivity index (χ1) is 14.0. The molecule has 1 unspecified atom stereocenters. The monoisotopic (exact) mass is 408 g/mol. The summed E-state index contributed by atoms with van der Waals surface area (Å²) in [5.41, 5.74) is 1.97. The van der Waals surface area contributed by atoms with Crippen LogP contribution in [0.1, 0.15) is 25.3 Å². The fraction of sp³-hybridized carbons (Fsp3) is 0.227. The van der Waals surface area contributed by atoms with Crippen LogP contribution in [0.4, 0.5) is 5.69 Å². The van der Waals surface area contributed by atoms with E-state index in [2.05, 4.69) is 5.32 Å². The van der Waals surface area contributed by atoms with Gasteiger partial charge < -0.3 is 15.0 Å². The largest absolute Gasteiger partial charge is 0.456 e. The van der Waals surface area contributed by atoms with Crippen LogP contribution in [0, 0.1) is 0 Å². The van der Waals surface area contributed by atoms with E-state index in [0.717, 1.165) is 15.4 Å². The van der Waals surface area contributed by atoms with Crippen molar-refractivity contribution in [3.63, 3.8) is 0 Å². The Morgan fingerprint density at radius 2 is 1.83 bits per heavy atom. The summed E-state index contributed by atoms with van der Waals surface area (Å²) in [4.78, 5) is 39.4. The molecule has 4 rings (SSSR count). The quantitative estimate of drug-likeness (QED) is 0.583. The van der Waals surface area contributed by atoms with Crippen molar-refractivity contribution < 1.29 is 19.1 Å². The third kappa shape index (κ3) is 4.19. The lowest BCUT2D eigenvalue weighted by molar-refractivity contribution is -0.150. The zero-order valence-electron chi connectivity index (χ0n) is 15.9. The summed E-state index contributed by atoms with van der Waals surface area (Å²) in [5.74, 6) is -0.643. The van der Waals surface area contributed by atoms with Crippen LogP contribution in [0.5, 0.6) is 0 Å². The van der Waals surface area contributed by atoms with Crippen molar-refractivity contribution in [2.24, 2.45) is 0 Å². The molecule has 0 saturated carbocycles. The second-order valence-electron chi connectivity index (χ2n) is 6.97. The summed E-state index contributed by atoms with van der Waals surface area (Å²) >= 11 is 1.46. The van der Waals surface area contributed by atoms with Gasteiger partial charge in [0.15, 0.2) is 0 Å². The summed E-state index contributed by atoms with van der Waals surface area (Å²) < 4.78 is 5.49. The third-order valence-corrected chi connectivity index (χ3v) is 5.91. The van der Waals surface area contributed by atoms with Gasteiger partial charge in [0.1, 0.15) is 12.3 Å². The molecule has 1 atom stereocenters. The summed E-state index contributed by atoms with van der Waals surface area (Å²) in [7, 11) is 0. The molecule has 0 bridgehead atoms. The van der Waals surface area contributed by atoms with Crippen molar-refractivity contribution in [2.45, 2.75) is 37.3 Å². The molecule has 2 heterocycles. The van der Waals surface area contributed by atoms with E-state index in [1.807, 2.05) is 54.6 Å². The van der Waals surface area contributed by atoms with Crippen molar-refractivity contribution in [2.75, 3.05) is 5.32 Å². The highest BCUT2D eigenvalue weighted by Crippen LogP contribution is 2.45. The van der Waals surface area contributed by atoms with E-state index < -0.39 is 5.97 Å². The fourth-order valence-corrected chi connectivity index (χ4v) is 4.55. The molecule has 7 heteroatoms. The maximum atomic E-state index is 12.8. The van der Waals surface area contributed by atoms with Gasteiger partial charge >= 0.3 is 5.97 Å². The van der Waals surface area contributed by atoms with E-state index in [9.17, 15) is 14.4 Å². The molecular weight excluding hydrogens is 388 g/mol. The number of rotatable bonds is 6. The molecule has 0 spiro atoms. The molecule has 148 valence electrons. The van der Waals surface area contributed by atoms with Crippen LogP contribution in [0.15, 0.2) is 70.1 Å². The average Bonchev–Trinajstić information content (AvgIpc) is 3.00. The molecule has 2 aromatic carbocycles. The minimum absolute atomic E-state index is 0.0433. The number of esters is 1. The molecule has 6 nitrogen and oxygen atoms in total. The molecule has 1 saturated heterocycles. The molecule has 0 radical (unpaired) electrons. The predicted molar refractivity (Wildman–Crippen MR) is 110 cm³/mol.